The maximum Gasteiger partial charge on any atom is 0.247 e. The smallest absolute Gasteiger partial charge is 0.247 e. The van der Waals surface area contributed by atoms with E-state index >= 15 is 0 Å². The van der Waals surface area contributed by atoms with Crippen LogP contribution in [0.2, 0.25) is 0 Å². The molecule has 2 saturated heterocycles. The average molecular weight is 572 g/mol. The van der Waals surface area contributed by atoms with E-state index in [1.165, 1.54) is 18.9 Å². The highest BCUT2D eigenvalue weighted by atomic mass is 32.2. The van der Waals surface area contributed by atoms with Crippen LogP contribution < -0.4 is 15.1 Å². The number of nitrogens with zero attached hydrogens (tertiary/aromatic N) is 6. The predicted molar refractivity (Wildman–Crippen MR) is 156 cm³/mol. The molecule has 3 aromatic rings. The molecule has 2 aromatic heterocycles. The van der Waals surface area contributed by atoms with Crippen molar-refractivity contribution in [3.05, 3.63) is 36.2 Å². The molecule has 2 aliphatic rings. The number of fused-ring (bicyclic) bond motifs is 1. The zero-order valence-electron chi connectivity index (χ0n) is 23.7. The molecule has 40 heavy (non-hydrogen) atoms. The fourth-order valence-electron chi connectivity index (χ4n) is 5.66. The molecule has 2 aliphatic heterocycles. The molecule has 1 aromatic carbocycles. The summed E-state index contributed by atoms with van der Waals surface area (Å²) in [4.78, 5) is 13.3. The summed E-state index contributed by atoms with van der Waals surface area (Å²) in [5.74, 6) is 2.25. The summed E-state index contributed by atoms with van der Waals surface area (Å²) in [7, 11) is -1.49. The molecule has 0 radical (unpaired) electrons. The molecule has 0 bridgehead atoms. The van der Waals surface area contributed by atoms with Crippen LogP contribution in [0, 0.1) is 5.92 Å². The van der Waals surface area contributed by atoms with E-state index in [4.69, 9.17) is 4.74 Å². The van der Waals surface area contributed by atoms with Crippen molar-refractivity contribution in [3.8, 4) is 0 Å². The third-order valence-corrected chi connectivity index (χ3v) is 10.0. The van der Waals surface area contributed by atoms with Gasteiger partial charge in [-0.2, -0.15) is 10.1 Å². The largest absolute Gasteiger partial charge is 0.378 e. The maximum atomic E-state index is 14.4. The molecule has 0 amide bonds. The highest BCUT2D eigenvalue weighted by molar-refractivity contribution is 7.91. The number of methoxy groups -OCH3 is 1. The quantitative estimate of drug-likeness (QED) is 0.403. The number of sulfone groups is 1. The lowest BCUT2D eigenvalue weighted by molar-refractivity contribution is 0.0194. The van der Waals surface area contributed by atoms with E-state index in [9.17, 15) is 12.8 Å². The molecular weight excluding hydrogens is 533 g/mol. The standard InChI is InChI=1S/C28H38FN7O3S/c1-6-40(37,38)16-19-14-36(18(19)4)24-8-7-20(17(2)3)21-11-26(30-12-22(21)24)32-27-13-31-34-28(33-27)35-10-9-25(39-5)23(29)15-35/h7-8,11-13,17-19,23,25H,6,9-10,14-16H2,1-5H3,(H,30,32,33,34)/t18-,19-,23+,25-/m1/s1. The van der Waals surface area contributed by atoms with Gasteiger partial charge in [0.15, 0.2) is 5.82 Å². The first-order valence-corrected chi connectivity index (χ1v) is 15.7. The van der Waals surface area contributed by atoms with Gasteiger partial charge >= 0.3 is 0 Å². The van der Waals surface area contributed by atoms with E-state index in [2.05, 4.69) is 63.3 Å². The van der Waals surface area contributed by atoms with Crippen molar-refractivity contribution >= 4 is 43.9 Å². The highest BCUT2D eigenvalue weighted by Crippen LogP contribution is 2.39. The maximum absolute atomic E-state index is 14.4. The minimum absolute atomic E-state index is 0.117. The summed E-state index contributed by atoms with van der Waals surface area (Å²) >= 11 is 0. The third kappa shape index (κ3) is 5.69. The molecular formula is C28H38FN7O3S. The first-order chi connectivity index (χ1) is 19.1. The Bertz CT molecular complexity index is 1470. The molecule has 4 heterocycles. The second-order valence-corrected chi connectivity index (χ2v) is 13.5. The molecule has 216 valence electrons. The number of alkyl halides is 1. The van der Waals surface area contributed by atoms with Crippen molar-refractivity contribution in [2.45, 2.75) is 58.4 Å². The van der Waals surface area contributed by atoms with Crippen LogP contribution in [0.15, 0.2) is 30.6 Å². The van der Waals surface area contributed by atoms with Gasteiger partial charge in [0, 0.05) is 55.2 Å². The molecule has 0 spiro atoms. The first kappa shape index (κ1) is 28.4. The van der Waals surface area contributed by atoms with Crippen molar-refractivity contribution in [2.24, 2.45) is 5.92 Å². The predicted octanol–water partition coefficient (Wildman–Crippen LogP) is 4.11. The Kier molecular flexibility index (Phi) is 8.10. The molecule has 5 rings (SSSR count). The zero-order valence-corrected chi connectivity index (χ0v) is 24.5. The second kappa shape index (κ2) is 11.4. The number of hydrogen-bond acceptors (Lipinski definition) is 10. The average Bonchev–Trinajstić information content (AvgIpc) is 2.94. The number of nitrogens with one attached hydrogen (secondary N) is 1. The Hall–Kier alpha value is -3.12. The number of rotatable bonds is 9. The minimum atomic E-state index is -3.02. The van der Waals surface area contributed by atoms with Crippen LogP contribution in [0.3, 0.4) is 0 Å². The Morgan fingerprint density at radius 3 is 2.65 bits per heavy atom. The van der Waals surface area contributed by atoms with E-state index in [1.54, 1.807) is 11.8 Å². The molecule has 0 unspecified atom stereocenters. The number of benzene rings is 1. The van der Waals surface area contributed by atoms with Crippen LogP contribution in [0.4, 0.5) is 27.7 Å². The number of ether oxygens (including phenoxy) is 1. The van der Waals surface area contributed by atoms with E-state index in [-0.39, 0.29) is 30.0 Å². The summed E-state index contributed by atoms with van der Waals surface area (Å²) < 4.78 is 44.0. The molecule has 0 aliphatic carbocycles. The lowest BCUT2D eigenvalue weighted by Crippen LogP contribution is -2.57. The Morgan fingerprint density at radius 2 is 1.98 bits per heavy atom. The Balaban J connectivity index is 1.39. The molecule has 0 saturated carbocycles. The minimum Gasteiger partial charge on any atom is -0.378 e. The number of piperidine rings is 1. The zero-order chi connectivity index (χ0) is 28.6. The van der Waals surface area contributed by atoms with Gasteiger partial charge in [0.05, 0.1) is 24.6 Å². The summed E-state index contributed by atoms with van der Waals surface area (Å²) in [6.07, 6.45) is 2.40. The van der Waals surface area contributed by atoms with Crippen LogP contribution in [0.25, 0.3) is 10.8 Å². The van der Waals surface area contributed by atoms with Gasteiger partial charge in [0.2, 0.25) is 5.95 Å². The fraction of sp³-hybridized carbons (Fsp3) is 0.571. The van der Waals surface area contributed by atoms with Crippen LogP contribution in [-0.2, 0) is 14.6 Å². The lowest BCUT2D eigenvalue weighted by atomic mass is 9.88. The van der Waals surface area contributed by atoms with Gasteiger partial charge in [-0.05, 0) is 42.3 Å². The van der Waals surface area contributed by atoms with Gasteiger partial charge in [0.1, 0.15) is 21.8 Å². The topological polar surface area (TPSA) is 113 Å². The molecule has 12 heteroatoms. The van der Waals surface area contributed by atoms with Gasteiger partial charge in [-0.1, -0.05) is 26.8 Å². The molecule has 2 fully saturated rings. The van der Waals surface area contributed by atoms with Crippen LogP contribution in [-0.4, -0.2) is 85.2 Å². The van der Waals surface area contributed by atoms with Gasteiger partial charge in [-0.3, -0.25) is 0 Å². The van der Waals surface area contributed by atoms with Crippen molar-refractivity contribution in [3.63, 3.8) is 0 Å². The molecule has 10 nitrogen and oxygen atoms in total. The van der Waals surface area contributed by atoms with Gasteiger partial charge in [0.25, 0.3) is 0 Å². The Morgan fingerprint density at radius 1 is 1.18 bits per heavy atom. The van der Waals surface area contributed by atoms with Crippen molar-refractivity contribution in [2.75, 3.05) is 53.4 Å². The van der Waals surface area contributed by atoms with Crippen LogP contribution in [0.1, 0.15) is 45.6 Å². The summed E-state index contributed by atoms with van der Waals surface area (Å²) in [5, 5.41) is 13.5. The van der Waals surface area contributed by atoms with Gasteiger partial charge in [-0.15, -0.1) is 5.10 Å². The number of aromatic nitrogens is 4. The third-order valence-electron chi connectivity index (χ3n) is 8.23. The van der Waals surface area contributed by atoms with Crippen molar-refractivity contribution in [1.29, 1.82) is 0 Å². The first-order valence-electron chi connectivity index (χ1n) is 13.9. The van der Waals surface area contributed by atoms with Crippen LogP contribution in [0.5, 0.6) is 0 Å². The van der Waals surface area contributed by atoms with E-state index in [1.807, 2.05) is 12.3 Å². The van der Waals surface area contributed by atoms with E-state index < -0.39 is 22.1 Å². The Labute approximate surface area is 235 Å². The van der Waals surface area contributed by atoms with E-state index in [0.717, 1.165) is 16.5 Å². The molecule has 1 N–H and O–H groups in total. The van der Waals surface area contributed by atoms with Gasteiger partial charge in [-0.25, -0.2) is 17.8 Å². The van der Waals surface area contributed by atoms with Crippen molar-refractivity contribution in [1.82, 2.24) is 20.2 Å². The molecule has 4 atom stereocenters. The SMILES string of the molecule is CCS(=O)(=O)C[C@H]1CN(c2ccc(C(C)C)c3cc(Nc4cnnc(N5CC[C@@H](OC)[C@@H](F)C5)n4)ncc23)[C@@H]1C. The lowest BCUT2D eigenvalue weighted by Gasteiger charge is -2.48. The normalized spacial score (nSPS) is 23.5. The summed E-state index contributed by atoms with van der Waals surface area (Å²) in [6, 6.07) is 6.41. The van der Waals surface area contributed by atoms with Crippen LogP contribution >= 0.6 is 0 Å². The highest BCUT2D eigenvalue weighted by Gasteiger charge is 2.38. The number of anilines is 4. The monoisotopic (exact) mass is 571 g/mol. The van der Waals surface area contributed by atoms with Crippen molar-refractivity contribution < 1.29 is 17.5 Å². The summed E-state index contributed by atoms with van der Waals surface area (Å²) in [5.41, 5.74) is 2.25. The number of halogens is 1. The second-order valence-electron chi connectivity index (χ2n) is 11.1. The van der Waals surface area contributed by atoms with Gasteiger partial charge < -0.3 is 19.9 Å². The fourth-order valence-corrected chi connectivity index (χ4v) is 6.93. The number of hydrogen-bond donors (Lipinski definition) is 1. The number of pyridine rings is 1. The van der Waals surface area contributed by atoms with E-state index in [0.29, 0.717) is 43.0 Å². The summed E-state index contributed by atoms with van der Waals surface area (Å²) in [6.45, 7) is 9.54.